The second-order valence-electron chi connectivity index (χ2n) is 4.60. The van der Waals surface area contributed by atoms with Crippen LogP contribution >= 0.6 is 0 Å². The maximum absolute atomic E-state index is 12.5. The number of carbonyl (C=O) groups is 1. The van der Waals surface area contributed by atoms with Crippen molar-refractivity contribution in [3.05, 3.63) is 30.1 Å². The SMILES string of the molecule is NCC1COCCN1C(=O)c1ccc2nc[nH]c2c1. The Hall–Kier alpha value is -1.92. The Labute approximate surface area is 110 Å². The van der Waals surface area contributed by atoms with Crippen molar-refractivity contribution in [3.8, 4) is 0 Å². The van der Waals surface area contributed by atoms with Crippen molar-refractivity contribution >= 4 is 16.9 Å². The van der Waals surface area contributed by atoms with Crippen LogP contribution in [0.25, 0.3) is 11.0 Å². The molecule has 6 heteroatoms. The molecule has 0 saturated carbocycles. The van der Waals surface area contributed by atoms with E-state index in [-0.39, 0.29) is 11.9 Å². The van der Waals surface area contributed by atoms with Crippen LogP contribution in [0.3, 0.4) is 0 Å². The summed E-state index contributed by atoms with van der Waals surface area (Å²) in [4.78, 5) is 21.5. The Kier molecular flexibility index (Phi) is 3.18. The van der Waals surface area contributed by atoms with Crippen LogP contribution in [0.1, 0.15) is 10.4 Å². The van der Waals surface area contributed by atoms with E-state index >= 15 is 0 Å². The van der Waals surface area contributed by atoms with Crippen LogP contribution in [-0.2, 0) is 4.74 Å². The van der Waals surface area contributed by atoms with Crippen LogP contribution in [0, 0.1) is 0 Å². The summed E-state index contributed by atoms with van der Waals surface area (Å²) in [6, 6.07) is 5.43. The molecule has 1 aliphatic heterocycles. The minimum atomic E-state index is -0.0429. The number of rotatable bonds is 2. The number of imidazole rings is 1. The van der Waals surface area contributed by atoms with E-state index in [4.69, 9.17) is 10.5 Å². The van der Waals surface area contributed by atoms with Crippen LogP contribution in [0.4, 0.5) is 0 Å². The molecule has 2 heterocycles. The zero-order chi connectivity index (χ0) is 13.2. The van der Waals surface area contributed by atoms with Gasteiger partial charge in [0, 0.05) is 18.7 Å². The summed E-state index contributed by atoms with van der Waals surface area (Å²) in [7, 11) is 0. The second kappa shape index (κ2) is 4.99. The lowest BCUT2D eigenvalue weighted by molar-refractivity contribution is 0.000848. The number of nitrogens with one attached hydrogen (secondary N) is 1. The van der Waals surface area contributed by atoms with E-state index in [1.165, 1.54) is 0 Å². The van der Waals surface area contributed by atoms with Crippen LogP contribution < -0.4 is 5.73 Å². The molecule has 6 nitrogen and oxygen atoms in total. The van der Waals surface area contributed by atoms with E-state index in [0.29, 0.717) is 31.9 Å². The molecule has 2 aromatic rings. The largest absolute Gasteiger partial charge is 0.377 e. The number of aromatic amines is 1. The van der Waals surface area contributed by atoms with Crippen LogP contribution in [-0.4, -0.2) is 53.1 Å². The fraction of sp³-hybridized carbons (Fsp3) is 0.385. The van der Waals surface area contributed by atoms with E-state index in [1.54, 1.807) is 17.3 Å². The van der Waals surface area contributed by atoms with Gasteiger partial charge in [-0.15, -0.1) is 0 Å². The summed E-state index contributed by atoms with van der Waals surface area (Å²) in [5.74, 6) is -0.00440. The number of hydrogen-bond acceptors (Lipinski definition) is 4. The lowest BCUT2D eigenvalue weighted by Crippen LogP contribution is -2.52. The molecule has 1 fully saturated rings. The highest BCUT2D eigenvalue weighted by Gasteiger charge is 2.27. The molecular formula is C13H16N4O2. The van der Waals surface area contributed by atoms with Crippen molar-refractivity contribution in [2.45, 2.75) is 6.04 Å². The number of fused-ring (bicyclic) bond motifs is 1. The highest BCUT2D eigenvalue weighted by Crippen LogP contribution is 2.16. The first kappa shape index (κ1) is 12.1. The first-order chi connectivity index (χ1) is 9.29. The van der Waals surface area contributed by atoms with E-state index in [2.05, 4.69) is 9.97 Å². The van der Waals surface area contributed by atoms with Crippen molar-refractivity contribution in [1.82, 2.24) is 14.9 Å². The van der Waals surface area contributed by atoms with Crippen molar-refractivity contribution in [2.24, 2.45) is 5.73 Å². The third-order valence-corrected chi connectivity index (χ3v) is 3.43. The summed E-state index contributed by atoms with van der Waals surface area (Å²) in [6.45, 7) is 2.07. The molecule has 0 radical (unpaired) electrons. The standard InChI is InChI=1S/C13H16N4O2/c14-6-10-7-19-4-3-17(10)13(18)9-1-2-11-12(5-9)16-8-15-11/h1-2,5,8,10H,3-4,6-7,14H2,(H,15,16). The zero-order valence-corrected chi connectivity index (χ0v) is 10.5. The minimum absolute atomic E-state index is 0.00440. The van der Waals surface area contributed by atoms with Crippen molar-refractivity contribution in [1.29, 1.82) is 0 Å². The summed E-state index contributed by atoms with van der Waals surface area (Å²) in [5.41, 5.74) is 8.06. The molecule has 0 bridgehead atoms. The first-order valence-electron chi connectivity index (χ1n) is 6.31. The number of aromatic nitrogens is 2. The van der Waals surface area contributed by atoms with Crippen molar-refractivity contribution in [2.75, 3.05) is 26.3 Å². The summed E-state index contributed by atoms with van der Waals surface area (Å²) >= 11 is 0. The van der Waals surface area contributed by atoms with Crippen molar-refractivity contribution in [3.63, 3.8) is 0 Å². The molecule has 19 heavy (non-hydrogen) atoms. The van der Waals surface area contributed by atoms with Gasteiger partial charge in [0.1, 0.15) is 0 Å². The number of nitrogens with zero attached hydrogens (tertiary/aromatic N) is 2. The lowest BCUT2D eigenvalue weighted by Gasteiger charge is -2.34. The number of ether oxygens (including phenoxy) is 1. The van der Waals surface area contributed by atoms with Crippen LogP contribution in [0.5, 0.6) is 0 Å². The molecule has 1 unspecified atom stereocenters. The van der Waals surface area contributed by atoms with Gasteiger partial charge in [0.2, 0.25) is 0 Å². The molecule has 1 aromatic carbocycles. The van der Waals surface area contributed by atoms with Gasteiger partial charge in [0.05, 0.1) is 36.6 Å². The Morgan fingerprint density at radius 1 is 1.58 bits per heavy atom. The topological polar surface area (TPSA) is 84.2 Å². The normalized spacial score (nSPS) is 19.8. The third kappa shape index (κ3) is 2.20. The molecule has 0 aliphatic carbocycles. The van der Waals surface area contributed by atoms with Gasteiger partial charge >= 0.3 is 0 Å². The maximum Gasteiger partial charge on any atom is 0.254 e. The Morgan fingerprint density at radius 2 is 2.47 bits per heavy atom. The predicted octanol–water partition coefficient (Wildman–Crippen LogP) is 0.363. The van der Waals surface area contributed by atoms with Gasteiger partial charge in [-0.05, 0) is 18.2 Å². The fourth-order valence-corrected chi connectivity index (χ4v) is 2.35. The third-order valence-electron chi connectivity index (χ3n) is 3.43. The first-order valence-corrected chi connectivity index (χ1v) is 6.31. The number of benzene rings is 1. The summed E-state index contributed by atoms with van der Waals surface area (Å²) in [5, 5.41) is 0. The summed E-state index contributed by atoms with van der Waals surface area (Å²) < 4.78 is 5.36. The van der Waals surface area contributed by atoms with E-state index in [9.17, 15) is 4.79 Å². The Bertz CT molecular complexity index is 595. The smallest absolute Gasteiger partial charge is 0.254 e. The maximum atomic E-state index is 12.5. The van der Waals surface area contributed by atoms with Gasteiger partial charge in [-0.2, -0.15) is 0 Å². The Morgan fingerprint density at radius 3 is 3.32 bits per heavy atom. The lowest BCUT2D eigenvalue weighted by atomic mass is 10.1. The average molecular weight is 260 g/mol. The van der Waals surface area contributed by atoms with Crippen LogP contribution in [0.15, 0.2) is 24.5 Å². The number of hydrogen-bond donors (Lipinski definition) is 2. The fourth-order valence-electron chi connectivity index (χ4n) is 2.35. The number of carbonyl (C=O) groups excluding carboxylic acids is 1. The van der Waals surface area contributed by atoms with Crippen LogP contribution in [0.2, 0.25) is 0 Å². The van der Waals surface area contributed by atoms with E-state index < -0.39 is 0 Å². The molecular weight excluding hydrogens is 244 g/mol. The zero-order valence-electron chi connectivity index (χ0n) is 10.5. The quantitative estimate of drug-likeness (QED) is 0.816. The van der Waals surface area contributed by atoms with E-state index in [0.717, 1.165) is 11.0 Å². The molecule has 1 aliphatic rings. The molecule has 1 amide bonds. The van der Waals surface area contributed by atoms with Gasteiger partial charge in [0.25, 0.3) is 5.91 Å². The number of nitrogens with two attached hydrogens (primary N) is 1. The Balaban J connectivity index is 1.89. The molecule has 3 N–H and O–H groups in total. The second-order valence-corrected chi connectivity index (χ2v) is 4.60. The van der Waals surface area contributed by atoms with Gasteiger partial charge < -0.3 is 20.4 Å². The predicted molar refractivity (Wildman–Crippen MR) is 70.8 cm³/mol. The van der Waals surface area contributed by atoms with E-state index in [1.807, 2.05) is 12.1 Å². The number of amides is 1. The molecule has 1 saturated heterocycles. The van der Waals surface area contributed by atoms with Gasteiger partial charge in [0.15, 0.2) is 0 Å². The summed E-state index contributed by atoms with van der Waals surface area (Å²) in [6.07, 6.45) is 1.62. The average Bonchev–Trinajstić information content (AvgIpc) is 2.93. The van der Waals surface area contributed by atoms with Gasteiger partial charge in [-0.25, -0.2) is 4.98 Å². The molecule has 100 valence electrons. The molecule has 1 atom stereocenters. The molecule has 0 spiro atoms. The number of H-pyrrole nitrogens is 1. The van der Waals surface area contributed by atoms with Crippen molar-refractivity contribution < 1.29 is 9.53 Å². The number of morpholine rings is 1. The molecule has 3 rings (SSSR count). The van der Waals surface area contributed by atoms with Gasteiger partial charge in [-0.1, -0.05) is 0 Å². The molecule has 1 aromatic heterocycles. The van der Waals surface area contributed by atoms with Gasteiger partial charge in [-0.3, -0.25) is 4.79 Å². The highest BCUT2D eigenvalue weighted by molar-refractivity contribution is 5.97. The minimum Gasteiger partial charge on any atom is -0.377 e. The highest BCUT2D eigenvalue weighted by atomic mass is 16.5. The monoisotopic (exact) mass is 260 g/mol.